The summed E-state index contributed by atoms with van der Waals surface area (Å²) in [6, 6.07) is 7.87. The molecule has 0 spiro atoms. The molecule has 0 fully saturated rings. The lowest BCUT2D eigenvalue weighted by atomic mass is 10.2. The summed E-state index contributed by atoms with van der Waals surface area (Å²) in [5.41, 5.74) is 4.04. The number of thiophene rings is 1. The van der Waals surface area contributed by atoms with Gasteiger partial charge in [0, 0.05) is 30.9 Å². The van der Waals surface area contributed by atoms with E-state index >= 15 is 0 Å². The molecule has 118 valence electrons. The molecule has 5 nitrogen and oxygen atoms in total. The molecular weight excluding hydrogens is 310 g/mol. The highest BCUT2D eigenvalue weighted by Gasteiger charge is 2.18. The number of hydrogen-bond donors (Lipinski definition) is 2. The van der Waals surface area contributed by atoms with Crippen molar-refractivity contribution in [3.63, 3.8) is 0 Å². The molecule has 3 aromatic rings. The summed E-state index contributed by atoms with van der Waals surface area (Å²) in [5, 5.41) is 6.22. The number of carbonyl (C=O) groups is 1. The third kappa shape index (κ3) is 2.75. The van der Waals surface area contributed by atoms with Gasteiger partial charge in [-0.1, -0.05) is 12.1 Å². The van der Waals surface area contributed by atoms with Crippen LogP contribution >= 0.6 is 11.3 Å². The first-order valence-electron chi connectivity index (χ1n) is 7.66. The maximum Gasteiger partial charge on any atom is 0.261 e. The summed E-state index contributed by atoms with van der Waals surface area (Å²) in [4.78, 5) is 18.7. The van der Waals surface area contributed by atoms with Gasteiger partial charge in [-0.15, -0.1) is 11.3 Å². The lowest BCUT2D eigenvalue weighted by Crippen LogP contribution is -2.25. The lowest BCUT2D eigenvalue weighted by Gasteiger charge is -2.01. The minimum atomic E-state index is -0.0170. The predicted molar refractivity (Wildman–Crippen MR) is 89.6 cm³/mol. The predicted octanol–water partition coefficient (Wildman–Crippen LogP) is 2.77. The largest absolute Gasteiger partial charge is 0.441 e. The molecule has 0 unspecified atom stereocenters. The van der Waals surface area contributed by atoms with E-state index in [1.165, 1.54) is 10.4 Å². The second-order valence-corrected chi connectivity index (χ2v) is 6.83. The number of benzene rings is 1. The standard InChI is InChI=1S/C17H17N3O2S/c1-10-3-2-4-12-16(10)20-15(22-12)5-6-19-17(21)13-7-11-8-18-9-14(11)23-13/h2-4,7,18H,5-6,8-9H2,1H3,(H,19,21). The summed E-state index contributed by atoms with van der Waals surface area (Å²) >= 11 is 1.57. The van der Waals surface area contributed by atoms with Gasteiger partial charge in [0.25, 0.3) is 5.91 Å². The fraction of sp³-hybridized carbons (Fsp3) is 0.294. The van der Waals surface area contributed by atoms with Gasteiger partial charge in [-0.25, -0.2) is 4.98 Å². The molecular formula is C17H17N3O2S. The molecule has 1 aliphatic heterocycles. The Morgan fingerprint density at radius 2 is 2.35 bits per heavy atom. The fourth-order valence-corrected chi connectivity index (χ4v) is 3.87. The molecule has 0 atom stereocenters. The van der Waals surface area contributed by atoms with E-state index in [9.17, 15) is 4.79 Å². The third-order valence-corrected chi connectivity index (χ3v) is 5.19. The lowest BCUT2D eigenvalue weighted by molar-refractivity contribution is 0.0957. The maximum absolute atomic E-state index is 12.2. The summed E-state index contributed by atoms with van der Waals surface area (Å²) in [6.07, 6.45) is 0.590. The molecule has 2 aromatic heterocycles. The number of nitrogens with one attached hydrogen (secondary N) is 2. The SMILES string of the molecule is Cc1cccc2oc(CCNC(=O)c3cc4c(s3)CNC4)nc12. The van der Waals surface area contributed by atoms with Gasteiger partial charge in [0.15, 0.2) is 11.5 Å². The summed E-state index contributed by atoms with van der Waals surface area (Å²) in [5.74, 6) is 0.643. The Balaban J connectivity index is 1.38. The van der Waals surface area contributed by atoms with E-state index in [0.717, 1.165) is 34.6 Å². The highest BCUT2D eigenvalue weighted by atomic mass is 32.1. The van der Waals surface area contributed by atoms with Crippen LogP contribution in [-0.2, 0) is 19.5 Å². The van der Waals surface area contributed by atoms with Gasteiger partial charge in [0.05, 0.1) is 4.88 Å². The number of aryl methyl sites for hydroxylation is 1. The summed E-state index contributed by atoms with van der Waals surface area (Å²) in [7, 11) is 0. The van der Waals surface area contributed by atoms with Gasteiger partial charge in [0.1, 0.15) is 5.52 Å². The Bertz CT molecular complexity index is 860. The monoisotopic (exact) mass is 327 g/mol. The van der Waals surface area contributed by atoms with Crippen LogP contribution in [0.25, 0.3) is 11.1 Å². The van der Waals surface area contributed by atoms with E-state index < -0.39 is 0 Å². The molecule has 3 heterocycles. The average Bonchev–Trinajstić information content (AvgIpc) is 3.20. The molecule has 1 aliphatic rings. The summed E-state index contributed by atoms with van der Waals surface area (Å²) in [6.45, 7) is 4.27. The Morgan fingerprint density at radius 3 is 3.17 bits per heavy atom. The smallest absolute Gasteiger partial charge is 0.261 e. The van der Waals surface area contributed by atoms with Crippen LogP contribution < -0.4 is 10.6 Å². The highest BCUT2D eigenvalue weighted by Crippen LogP contribution is 2.26. The average molecular weight is 327 g/mol. The van der Waals surface area contributed by atoms with Crippen LogP contribution in [0, 0.1) is 6.92 Å². The Hall–Kier alpha value is -2.18. The molecule has 0 saturated carbocycles. The zero-order valence-corrected chi connectivity index (χ0v) is 13.6. The second-order valence-electron chi connectivity index (χ2n) is 5.70. The van der Waals surface area contributed by atoms with Crippen molar-refractivity contribution in [2.75, 3.05) is 6.54 Å². The van der Waals surface area contributed by atoms with E-state index in [0.29, 0.717) is 18.9 Å². The van der Waals surface area contributed by atoms with Gasteiger partial charge in [-0.3, -0.25) is 4.79 Å². The van der Waals surface area contributed by atoms with Crippen molar-refractivity contribution in [1.82, 2.24) is 15.6 Å². The first kappa shape index (κ1) is 14.4. The number of para-hydroxylation sites is 1. The van der Waals surface area contributed by atoms with Crippen LogP contribution in [0.5, 0.6) is 0 Å². The van der Waals surface area contributed by atoms with E-state index in [-0.39, 0.29) is 5.91 Å². The molecule has 0 aliphatic carbocycles. The number of carbonyl (C=O) groups excluding carboxylic acids is 1. The highest BCUT2D eigenvalue weighted by molar-refractivity contribution is 7.14. The minimum absolute atomic E-state index is 0.0170. The van der Waals surface area contributed by atoms with Gasteiger partial charge in [0.2, 0.25) is 0 Å². The maximum atomic E-state index is 12.2. The molecule has 0 saturated heterocycles. The number of oxazole rings is 1. The van der Waals surface area contributed by atoms with Crippen LogP contribution in [0.2, 0.25) is 0 Å². The van der Waals surface area contributed by atoms with Crippen molar-refractivity contribution in [2.24, 2.45) is 0 Å². The van der Waals surface area contributed by atoms with Crippen molar-refractivity contribution in [1.29, 1.82) is 0 Å². The molecule has 1 amide bonds. The van der Waals surface area contributed by atoms with Gasteiger partial charge >= 0.3 is 0 Å². The third-order valence-electron chi connectivity index (χ3n) is 4.01. The van der Waals surface area contributed by atoms with Gasteiger partial charge in [-0.2, -0.15) is 0 Å². The zero-order chi connectivity index (χ0) is 15.8. The van der Waals surface area contributed by atoms with Gasteiger partial charge < -0.3 is 15.1 Å². The quantitative estimate of drug-likeness (QED) is 0.773. The number of aromatic nitrogens is 1. The number of rotatable bonds is 4. The Morgan fingerprint density at radius 1 is 1.43 bits per heavy atom. The molecule has 0 radical (unpaired) electrons. The van der Waals surface area contributed by atoms with Crippen LogP contribution in [-0.4, -0.2) is 17.4 Å². The molecule has 1 aromatic carbocycles. The first-order chi connectivity index (χ1) is 11.2. The number of amides is 1. The van der Waals surface area contributed by atoms with E-state index in [4.69, 9.17) is 4.42 Å². The number of fused-ring (bicyclic) bond motifs is 2. The zero-order valence-electron chi connectivity index (χ0n) is 12.8. The van der Waals surface area contributed by atoms with Crippen molar-refractivity contribution in [3.05, 3.63) is 51.0 Å². The van der Waals surface area contributed by atoms with Crippen molar-refractivity contribution in [2.45, 2.75) is 26.4 Å². The fourth-order valence-electron chi connectivity index (χ4n) is 2.80. The van der Waals surface area contributed by atoms with Crippen LogP contribution in [0.3, 0.4) is 0 Å². The number of hydrogen-bond acceptors (Lipinski definition) is 5. The van der Waals surface area contributed by atoms with Crippen molar-refractivity contribution < 1.29 is 9.21 Å². The molecule has 4 rings (SSSR count). The van der Waals surface area contributed by atoms with Crippen LogP contribution in [0.4, 0.5) is 0 Å². The van der Waals surface area contributed by atoms with E-state index in [1.807, 2.05) is 31.2 Å². The molecule has 2 N–H and O–H groups in total. The molecule has 6 heteroatoms. The first-order valence-corrected chi connectivity index (χ1v) is 8.48. The van der Waals surface area contributed by atoms with E-state index in [1.54, 1.807) is 11.3 Å². The van der Waals surface area contributed by atoms with Crippen molar-refractivity contribution >= 4 is 28.3 Å². The molecule has 0 bridgehead atoms. The Kier molecular flexibility index (Phi) is 3.63. The van der Waals surface area contributed by atoms with Crippen LogP contribution in [0.15, 0.2) is 28.7 Å². The minimum Gasteiger partial charge on any atom is -0.441 e. The summed E-state index contributed by atoms with van der Waals surface area (Å²) < 4.78 is 5.72. The van der Waals surface area contributed by atoms with Crippen molar-refractivity contribution in [3.8, 4) is 0 Å². The number of nitrogens with zero attached hydrogens (tertiary/aromatic N) is 1. The topological polar surface area (TPSA) is 67.2 Å². The second kappa shape index (κ2) is 5.79. The van der Waals surface area contributed by atoms with E-state index in [2.05, 4.69) is 15.6 Å². The van der Waals surface area contributed by atoms with Crippen LogP contribution in [0.1, 0.15) is 31.6 Å². The normalized spacial score (nSPS) is 13.4. The van der Waals surface area contributed by atoms with Gasteiger partial charge in [-0.05, 0) is 30.2 Å². The molecule has 23 heavy (non-hydrogen) atoms. The Labute approximate surface area is 137 Å².